The van der Waals surface area contributed by atoms with Crippen molar-refractivity contribution >= 4 is 21.4 Å². The van der Waals surface area contributed by atoms with E-state index in [-0.39, 0.29) is 11.8 Å². The number of rotatable bonds is 9. The topological polar surface area (TPSA) is 71.1 Å². The lowest BCUT2D eigenvalue weighted by Gasteiger charge is -2.11. The molecule has 0 aliphatic rings. The van der Waals surface area contributed by atoms with E-state index < -0.39 is 10.0 Å². The molecule has 0 aliphatic heterocycles. The fourth-order valence-corrected chi connectivity index (χ4v) is 3.62. The molecule has 0 saturated heterocycles. The summed E-state index contributed by atoms with van der Waals surface area (Å²) < 4.78 is 26.3. The van der Waals surface area contributed by atoms with E-state index >= 15 is 0 Å². The van der Waals surface area contributed by atoms with Crippen LogP contribution >= 0.6 is 11.3 Å². The lowest BCUT2D eigenvalue weighted by atomic mass is 10.3. The van der Waals surface area contributed by atoms with Gasteiger partial charge in [-0.15, -0.1) is 11.3 Å². The Morgan fingerprint density at radius 3 is 2.83 bits per heavy atom. The summed E-state index contributed by atoms with van der Waals surface area (Å²) in [4.78, 5) is 4.10. The first-order valence-corrected chi connectivity index (χ1v) is 8.68. The monoisotopic (exact) mass is 291 g/mol. The molecule has 0 saturated carbocycles. The molecule has 1 heterocycles. The van der Waals surface area contributed by atoms with Crippen LogP contribution in [0.5, 0.6) is 0 Å². The van der Waals surface area contributed by atoms with Crippen LogP contribution in [0.25, 0.3) is 0 Å². The van der Waals surface area contributed by atoms with E-state index in [2.05, 4.69) is 15.0 Å². The van der Waals surface area contributed by atoms with E-state index in [9.17, 15) is 8.42 Å². The molecule has 1 unspecified atom stereocenters. The number of hydrogen-bond acceptors (Lipinski definition) is 5. The average molecular weight is 291 g/mol. The van der Waals surface area contributed by atoms with Gasteiger partial charge in [0, 0.05) is 11.6 Å². The van der Waals surface area contributed by atoms with Gasteiger partial charge >= 0.3 is 0 Å². The van der Waals surface area contributed by atoms with Gasteiger partial charge in [-0.1, -0.05) is 6.92 Å². The summed E-state index contributed by atoms with van der Waals surface area (Å²) in [7, 11) is -3.21. The quantitative estimate of drug-likeness (QED) is 0.677. The van der Waals surface area contributed by atoms with Crippen LogP contribution in [0.15, 0.2) is 11.6 Å². The first kappa shape index (κ1) is 15.6. The number of unbranched alkanes of at least 4 members (excludes halogenated alkanes) is 1. The maximum Gasteiger partial charge on any atom is 0.212 e. The van der Waals surface area contributed by atoms with Gasteiger partial charge in [-0.3, -0.25) is 0 Å². The molecule has 2 N–H and O–H groups in total. The molecule has 0 aliphatic carbocycles. The van der Waals surface area contributed by atoms with Crippen LogP contribution in [0, 0.1) is 0 Å². The molecule has 0 amide bonds. The van der Waals surface area contributed by atoms with E-state index in [0.29, 0.717) is 6.42 Å². The van der Waals surface area contributed by atoms with E-state index in [0.717, 1.165) is 24.5 Å². The van der Waals surface area contributed by atoms with Crippen LogP contribution in [0.3, 0.4) is 0 Å². The molecule has 7 heteroatoms. The Morgan fingerprint density at radius 1 is 1.44 bits per heavy atom. The van der Waals surface area contributed by atoms with E-state index in [4.69, 9.17) is 0 Å². The Morgan fingerprint density at radius 2 is 2.22 bits per heavy atom. The van der Waals surface area contributed by atoms with Gasteiger partial charge in [0.2, 0.25) is 10.0 Å². The van der Waals surface area contributed by atoms with Crippen LogP contribution in [0.2, 0.25) is 0 Å². The second-order valence-electron chi connectivity index (χ2n) is 4.09. The summed E-state index contributed by atoms with van der Waals surface area (Å²) in [5.74, 6) is 0.175. The molecule has 0 aromatic carbocycles. The van der Waals surface area contributed by atoms with E-state index in [1.807, 2.05) is 19.2 Å². The van der Waals surface area contributed by atoms with Crippen molar-refractivity contribution in [3.8, 4) is 0 Å². The Labute approximate surface area is 113 Å². The SMILES string of the molecule is CCNCCCCS(=O)(=O)NC(C)c1nccs1. The molecule has 1 aromatic rings. The molecule has 0 bridgehead atoms. The molecule has 1 rings (SSSR count). The molecule has 0 spiro atoms. The predicted molar refractivity (Wildman–Crippen MR) is 75.2 cm³/mol. The van der Waals surface area contributed by atoms with Gasteiger partial charge in [-0.2, -0.15) is 0 Å². The van der Waals surface area contributed by atoms with Gasteiger partial charge in [0.25, 0.3) is 0 Å². The zero-order chi connectivity index (χ0) is 13.4. The maximum absolute atomic E-state index is 11.8. The van der Waals surface area contributed by atoms with Gasteiger partial charge in [0.05, 0.1) is 11.8 Å². The number of thiazole rings is 1. The van der Waals surface area contributed by atoms with Crippen molar-refractivity contribution in [3.05, 3.63) is 16.6 Å². The summed E-state index contributed by atoms with van der Waals surface area (Å²) in [6, 6.07) is -0.247. The smallest absolute Gasteiger partial charge is 0.212 e. The minimum atomic E-state index is -3.21. The molecule has 0 fully saturated rings. The highest BCUT2D eigenvalue weighted by Crippen LogP contribution is 2.15. The first-order valence-electron chi connectivity index (χ1n) is 6.15. The Bertz CT molecular complexity index is 418. The second kappa shape index (κ2) is 7.83. The third-order valence-electron chi connectivity index (χ3n) is 2.44. The molecule has 18 heavy (non-hydrogen) atoms. The zero-order valence-electron chi connectivity index (χ0n) is 10.8. The van der Waals surface area contributed by atoms with Gasteiger partial charge < -0.3 is 5.32 Å². The van der Waals surface area contributed by atoms with Crippen molar-refractivity contribution in [2.75, 3.05) is 18.8 Å². The van der Waals surface area contributed by atoms with Crippen molar-refractivity contribution in [1.29, 1.82) is 0 Å². The largest absolute Gasteiger partial charge is 0.317 e. The highest BCUT2D eigenvalue weighted by atomic mass is 32.2. The van der Waals surface area contributed by atoms with Crippen molar-refractivity contribution in [1.82, 2.24) is 15.0 Å². The normalized spacial score (nSPS) is 13.7. The maximum atomic E-state index is 11.8. The Kier molecular flexibility index (Phi) is 6.77. The van der Waals surface area contributed by atoms with Crippen LogP contribution in [0.1, 0.15) is 37.7 Å². The van der Waals surface area contributed by atoms with Crippen LogP contribution < -0.4 is 10.0 Å². The summed E-state index contributed by atoms with van der Waals surface area (Å²) in [5, 5.41) is 5.82. The highest BCUT2D eigenvalue weighted by molar-refractivity contribution is 7.89. The zero-order valence-corrected chi connectivity index (χ0v) is 12.5. The van der Waals surface area contributed by atoms with Gasteiger partial charge in [0.15, 0.2) is 0 Å². The van der Waals surface area contributed by atoms with Gasteiger partial charge in [-0.25, -0.2) is 18.1 Å². The summed E-state index contributed by atoms with van der Waals surface area (Å²) in [6.07, 6.45) is 3.23. The molecule has 0 radical (unpaired) electrons. The third kappa shape index (κ3) is 5.90. The molecule has 5 nitrogen and oxygen atoms in total. The van der Waals surface area contributed by atoms with Crippen LogP contribution in [-0.2, 0) is 10.0 Å². The standard InChI is InChI=1S/C11H21N3O2S2/c1-3-12-6-4-5-9-18(15,16)14-10(2)11-13-7-8-17-11/h7-8,10,12,14H,3-6,9H2,1-2H3. The molecule has 104 valence electrons. The highest BCUT2D eigenvalue weighted by Gasteiger charge is 2.16. The number of nitrogens with zero attached hydrogens (tertiary/aromatic N) is 1. The molecule has 1 aromatic heterocycles. The van der Waals surface area contributed by atoms with Crippen molar-refractivity contribution < 1.29 is 8.42 Å². The molecule has 1 atom stereocenters. The number of nitrogens with one attached hydrogen (secondary N) is 2. The molecular weight excluding hydrogens is 270 g/mol. The third-order valence-corrected chi connectivity index (χ3v) is 4.94. The second-order valence-corrected chi connectivity index (χ2v) is 6.89. The first-order chi connectivity index (χ1) is 8.55. The van der Waals surface area contributed by atoms with Crippen LogP contribution in [0.4, 0.5) is 0 Å². The predicted octanol–water partition coefficient (Wildman–Crippen LogP) is 1.51. The fourth-order valence-electron chi connectivity index (χ4n) is 1.55. The van der Waals surface area contributed by atoms with E-state index in [1.165, 1.54) is 11.3 Å². The Balaban J connectivity index is 2.31. The van der Waals surface area contributed by atoms with Gasteiger partial charge in [-0.05, 0) is 32.9 Å². The van der Waals surface area contributed by atoms with Crippen LogP contribution in [-0.4, -0.2) is 32.2 Å². The average Bonchev–Trinajstić information content (AvgIpc) is 2.81. The van der Waals surface area contributed by atoms with Crippen molar-refractivity contribution in [2.24, 2.45) is 0 Å². The number of aromatic nitrogens is 1. The minimum absolute atomic E-state index is 0.175. The van der Waals surface area contributed by atoms with Crippen molar-refractivity contribution in [3.63, 3.8) is 0 Å². The minimum Gasteiger partial charge on any atom is -0.317 e. The van der Waals surface area contributed by atoms with Crippen molar-refractivity contribution in [2.45, 2.75) is 32.7 Å². The lowest BCUT2D eigenvalue weighted by molar-refractivity contribution is 0.560. The summed E-state index contributed by atoms with van der Waals surface area (Å²) in [6.45, 7) is 5.64. The number of sulfonamides is 1. The lowest BCUT2D eigenvalue weighted by Crippen LogP contribution is -2.29. The van der Waals surface area contributed by atoms with Gasteiger partial charge in [0.1, 0.15) is 5.01 Å². The summed E-state index contributed by atoms with van der Waals surface area (Å²) in [5.41, 5.74) is 0. The Hall–Kier alpha value is -0.500. The fraction of sp³-hybridized carbons (Fsp3) is 0.727. The number of hydrogen-bond donors (Lipinski definition) is 2. The summed E-state index contributed by atoms with van der Waals surface area (Å²) >= 11 is 1.46. The van der Waals surface area contributed by atoms with E-state index in [1.54, 1.807) is 6.20 Å². The molecular formula is C11H21N3O2S2.